The molecule has 25 heavy (non-hydrogen) atoms. The maximum Gasteiger partial charge on any atom is 0.358 e. The van der Waals surface area contributed by atoms with E-state index in [9.17, 15) is 9.59 Å². The summed E-state index contributed by atoms with van der Waals surface area (Å²) in [6.45, 7) is 3.24. The predicted molar refractivity (Wildman–Crippen MR) is 92.4 cm³/mol. The first-order chi connectivity index (χ1) is 12.0. The number of anilines is 1. The van der Waals surface area contributed by atoms with Gasteiger partial charge in [0.25, 0.3) is 5.91 Å². The van der Waals surface area contributed by atoms with Crippen LogP contribution in [-0.4, -0.2) is 46.8 Å². The number of hydrogen-bond acceptors (Lipinski definition) is 7. The summed E-state index contributed by atoms with van der Waals surface area (Å²) in [5.74, 6) is 10.5. The Bertz CT molecular complexity index is 743. The summed E-state index contributed by atoms with van der Waals surface area (Å²) in [7, 11) is 1.30. The Morgan fingerprint density at radius 1 is 1.24 bits per heavy atom. The molecule has 9 heteroatoms. The van der Waals surface area contributed by atoms with Crippen molar-refractivity contribution in [2.24, 2.45) is 11.7 Å². The van der Waals surface area contributed by atoms with E-state index in [1.54, 1.807) is 46.1 Å². The average Bonchev–Trinajstić information content (AvgIpc) is 3.10. The maximum absolute atomic E-state index is 12.8. The zero-order valence-corrected chi connectivity index (χ0v) is 14.3. The quantitative estimate of drug-likeness (QED) is 0.422. The highest BCUT2D eigenvalue weighted by Crippen LogP contribution is 2.18. The van der Waals surface area contributed by atoms with Crippen LogP contribution >= 0.6 is 0 Å². The number of likely N-dealkylation sites (N-methyl/N-ethyl adjacent to an activating group) is 1. The average molecular weight is 346 g/mol. The van der Waals surface area contributed by atoms with Crippen molar-refractivity contribution in [1.82, 2.24) is 14.7 Å². The highest BCUT2D eigenvalue weighted by molar-refractivity contribution is 5.99. The molecule has 0 spiro atoms. The van der Waals surface area contributed by atoms with Gasteiger partial charge in [-0.05, 0) is 25.1 Å². The summed E-state index contributed by atoms with van der Waals surface area (Å²) in [6.07, 6.45) is 1.67. The third-order valence-electron chi connectivity index (χ3n) is 3.72. The molecule has 0 unspecified atom stereocenters. The molecule has 0 bridgehead atoms. The second-order valence-corrected chi connectivity index (χ2v) is 5.26. The van der Waals surface area contributed by atoms with Gasteiger partial charge < -0.3 is 9.64 Å². The minimum Gasteiger partial charge on any atom is -0.464 e. The fourth-order valence-corrected chi connectivity index (χ4v) is 2.38. The summed E-state index contributed by atoms with van der Waals surface area (Å²) in [6, 6.07) is 8.44. The fourth-order valence-electron chi connectivity index (χ4n) is 2.38. The van der Waals surface area contributed by atoms with Crippen LogP contribution in [-0.2, 0) is 11.3 Å². The predicted octanol–water partition coefficient (Wildman–Crippen LogP) is 0.386. The number of para-hydroxylation sites is 1. The van der Waals surface area contributed by atoms with Gasteiger partial charge in [0.2, 0.25) is 0 Å². The molecular formula is C16H22N6O3. The molecule has 2 rings (SSSR count). The molecule has 1 aromatic carbocycles. The van der Waals surface area contributed by atoms with Gasteiger partial charge in [0, 0.05) is 19.3 Å². The number of nitrogens with zero attached hydrogens (tertiary/aromatic N) is 4. The normalized spacial score (nSPS) is 10.4. The lowest BCUT2D eigenvalue weighted by Crippen LogP contribution is -2.41. The van der Waals surface area contributed by atoms with Crippen LogP contribution in [0.15, 0.2) is 36.5 Å². The lowest BCUT2D eigenvalue weighted by Gasteiger charge is -2.23. The Morgan fingerprint density at radius 3 is 2.60 bits per heavy atom. The topological polar surface area (TPSA) is 120 Å². The highest BCUT2D eigenvalue weighted by atomic mass is 16.5. The fraction of sp³-hybridized carbons (Fsp3) is 0.312. The second-order valence-electron chi connectivity index (χ2n) is 5.26. The SMILES string of the molecule is CCN(CCn1ccc(C(=O)OC)n1)C(=O)c1ccccc1N(N)N. The van der Waals surface area contributed by atoms with Crippen molar-refractivity contribution in [3.63, 3.8) is 0 Å². The number of esters is 1. The number of hydrazine groups is 2. The molecule has 0 fully saturated rings. The van der Waals surface area contributed by atoms with Gasteiger partial charge in [-0.15, -0.1) is 0 Å². The number of carbonyl (C=O) groups is 2. The number of aromatic nitrogens is 2. The molecule has 1 aromatic heterocycles. The van der Waals surface area contributed by atoms with E-state index in [-0.39, 0.29) is 11.6 Å². The Hall–Kier alpha value is -2.91. The molecule has 0 atom stereocenters. The molecule has 0 saturated carbocycles. The van der Waals surface area contributed by atoms with Gasteiger partial charge in [-0.25, -0.2) is 21.6 Å². The minimum absolute atomic E-state index is 0.181. The zero-order valence-electron chi connectivity index (χ0n) is 14.3. The van der Waals surface area contributed by atoms with Crippen LogP contribution < -0.4 is 16.8 Å². The summed E-state index contributed by atoms with van der Waals surface area (Å²) in [5.41, 5.74) is 1.09. The first kappa shape index (κ1) is 18.4. The molecule has 0 saturated heterocycles. The van der Waals surface area contributed by atoms with E-state index in [1.807, 2.05) is 6.92 Å². The van der Waals surface area contributed by atoms with Crippen LogP contribution in [0.5, 0.6) is 0 Å². The van der Waals surface area contributed by atoms with Crippen molar-refractivity contribution in [3.8, 4) is 0 Å². The molecule has 1 heterocycles. The van der Waals surface area contributed by atoms with Crippen molar-refractivity contribution >= 4 is 17.6 Å². The van der Waals surface area contributed by atoms with Crippen LogP contribution in [0.3, 0.4) is 0 Å². The largest absolute Gasteiger partial charge is 0.464 e. The van der Waals surface area contributed by atoms with Crippen molar-refractivity contribution in [1.29, 1.82) is 0 Å². The lowest BCUT2D eigenvalue weighted by molar-refractivity contribution is 0.0591. The standard InChI is InChI=1S/C16H22N6O3/c1-3-20(10-11-21-9-8-13(19-21)16(24)25-2)15(23)12-6-4-5-7-14(12)22(17)18/h4-9H,3,10-11,17-18H2,1-2H3. The number of carbonyl (C=O) groups excluding carboxylic acids is 2. The molecule has 2 aromatic rings. The highest BCUT2D eigenvalue weighted by Gasteiger charge is 2.19. The van der Waals surface area contributed by atoms with E-state index < -0.39 is 5.97 Å². The smallest absolute Gasteiger partial charge is 0.358 e. The molecule has 9 nitrogen and oxygen atoms in total. The van der Waals surface area contributed by atoms with E-state index in [4.69, 9.17) is 11.7 Å². The second kappa shape index (κ2) is 8.27. The van der Waals surface area contributed by atoms with Crippen LogP contribution in [0, 0.1) is 0 Å². The van der Waals surface area contributed by atoms with Gasteiger partial charge in [0.1, 0.15) is 0 Å². The Kier molecular flexibility index (Phi) is 6.09. The van der Waals surface area contributed by atoms with Crippen LogP contribution in [0.1, 0.15) is 27.8 Å². The molecule has 0 aliphatic carbocycles. The van der Waals surface area contributed by atoms with E-state index in [2.05, 4.69) is 9.84 Å². The van der Waals surface area contributed by atoms with Gasteiger partial charge in [-0.3, -0.25) is 9.48 Å². The van der Waals surface area contributed by atoms with Crippen LogP contribution in [0.4, 0.5) is 5.69 Å². The van der Waals surface area contributed by atoms with Gasteiger partial charge in [-0.2, -0.15) is 5.10 Å². The van der Waals surface area contributed by atoms with Crippen LogP contribution in [0.25, 0.3) is 0 Å². The van der Waals surface area contributed by atoms with Crippen molar-refractivity contribution in [3.05, 3.63) is 47.8 Å². The van der Waals surface area contributed by atoms with E-state index >= 15 is 0 Å². The zero-order chi connectivity index (χ0) is 18.4. The summed E-state index contributed by atoms with van der Waals surface area (Å²) < 4.78 is 6.21. The minimum atomic E-state index is -0.498. The van der Waals surface area contributed by atoms with Crippen molar-refractivity contribution in [2.45, 2.75) is 13.5 Å². The van der Waals surface area contributed by atoms with Crippen molar-refractivity contribution < 1.29 is 14.3 Å². The lowest BCUT2D eigenvalue weighted by atomic mass is 10.1. The molecule has 0 aliphatic heterocycles. The number of methoxy groups -OCH3 is 1. The molecule has 134 valence electrons. The van der Waals surface area contributed by atoms with Gasteiger partial charge in [0.15, 0.2) is 5.69 Å². The molecule has 0 aliphatic rings. The van der Waals surface area contributed by atoms with Crippen molar-refractivity contribution in [2.75, 3.05) is 25.3 Å². The summed E-state index contributed by atoms with van der Waals surface area (Å²) >= 11 is 0. The van der Waals surface area contributed by atoms with E-state index in [0.717, 1.165) is 5.12 Å². The third kappa shape index (κ3) is 4.34. The van der Waals surface area contributed by atoms with E-state index in [0.29, 0.717) is 30.9 Å². The van der Waals surface area contributed by atoms with E-state index in [1.165, 1.54) is 7.11 Å². The Balaban J connectivity index is 2.08. The third-order valence-corrected chi connectivity index (χ3v) is 3.72. The number of rotatable bonds is 7. The number of amides is 1. The number of hydrogen-bond donors (Lipinski definition) is 2. The van der Waals surface area contributed by atoms with Crippen LogP contribution in [0.2, 0.25) is 0 Å². The first-order valence-electron chi connectivity index (χ1n) is 7.77. The maximum atomic E-state index is 12.8. The summed E-state index contributed by atoms with van der Waals surface area (Å²) in [5, 5.41) is 5.05. The Morgan fingerprint density at radius 2 is 1.96 bits per heavy atom. The van der Waals surface area contributed by atoms with Gasteiger partial charge in [0.05, 0.1) is 24.9 Å². The number of nitrogens with two attached hydrogens (primary N) is 2. The number of benzene rings is 1. The molecule has 0 radical (unpaired) electrons. The summed E-state index contributed by atoms with van der Waals surface area (Å²) in [4.78, 5) is 25.8. The molecule has 1 amide bonds. The molecular weight excluding hydrogens is 324 g/mol. The molecule has 4 N–H and O–H groups in total. The monoisotopic (exact) mass is 346 g/mol. The first-order valence-corrected chi connectivity index (χ1v) is 7.77. The Labute approximate surface area is 145 Å². The van der Waals surface area contributed by atoms with Gasteiger partial charge >= 0.3 is 5.97 Å². The number of ether oxygens (including phenoxy) is 1. The van der Waals surface area contributed by atoms with Gasteiger partial charge in [-0.1, -0.05) is 12.1 Å².